The van der Waals surface area contributed by atoms with Gasteiger partial charge >= 0.3 is 0 Å². The van der Waals surface area contributed by atoms with Crippen LogP contribution < -0.4 is 0 Å². The molecule has 0 aliphatic heterocycles. The Morgan fingerprint density at radius 3 is 1.89 bits per heavy atom. The molecule has 0 heterocycles. The second-order valence-corrected chi connectivity index (χ2v) is 8.25. The Morgan fingerprint density at radius 1 is 0.714 bits per heavy atom. The van der Waals surface area contributed by atoms with Crippen LogP contribution in [0.5, 0.6) is 0 Å². The number of hydrogen-bond acceptors (Lipinski definition) is 0. The number of benzene rings is 2. The quantitative estimate of drug-likeness (QED) is 0.258. The predicted octanol–water partition coefficient (Wildman–Crippen LogP) is 8.62. The zero-order valence-corrected chi connectivity index (χ0v) is 17.6. The molecule has 0 fully saturated rings. The SMILES string of the molecule is C=CCC1(C/C=C/CCCCCCCCC)c2ccccc2-c2ccccc21. The Bertz CT molecular complexity index is 735. The fourth-order valence-corrected chi connectivity index (χ4v) is 4.81. The van der Waals surface area contributed by atoms with Crippen LogP contribution in [0.1, 0.15) is 82.3 Å². The van der Waals surface area contributed by atoms with E-state index in [-0.39, 0.29) is 5.41 Å². The molecule has 0 radical (unpaired) electrons. The average molecular weight is 373 g/mol. The van der Waals surface area contributed by atoms with E-state index in [4.69, 9.17) is 0 Å². The van der Waals surface area contributed by atoms with Crippen molar-refractivity contribution < 1.29 is 0 Å². The molecule has 2 aromatic carbocycles. The van der Waals surface area contributed by atoms with E-state index in [1.165, 1.54) is 73.6 Å². The van der Waals surface area contributed by atoms with Crippen molar-refractivity contribution in [2.45, 2.75) is 76.5 Å². The summed E-state index contributed by atoms with van der Waals surface area (Å²) in [6.45, 7) is 6.37. The van der Waals surface area contributed by atoms with E-state index >= 15 is 0 Å². The summed E-state index contributed by atoms with van der Waals surface area (Å²) >= 11 is 0. The van der Waals surface area contributed by atoms with Crippen molar-refractivity contribution >= 4 is 0 Å². The normalized spacial score (nSPS) is 14.2. The standard InChI is InChI=1S/C28H36/c1-3-5-6-7-8-9-10-11-12-17-23-28(22-4-2)26-20-15-13-18-24(26)25-19-14-16-21-27(25)28/h4,12-21H,2-3,5-11,22-23H2,1H3/b17-12+. The monoisotopic (exact) mass is 372 g/mol. The fraction of sp³-hybridized carbons (Fsp3) is 0.429. The molecular weight excluding hydrogens is 336 g/mol. The van der Waals surface area contributed by atoms with Crippen LogP contribution in [0.25, 0.3) is 11.1 Å². The highest BCUT2D eigenvalue weighted by Gasteiger charge is 2.40. The van der Waals surface area contributed by atoms with Gasteiger partial charge in [0, 0.05) is 5.41 Å². The van der Waals surface area contributed by atoms with E-state index < -0.39 is 0 Å². The summed E-state index contributed by atoms with van der Waals surface area (Å²) in [4.78, 5) is 0. The molecule has 0 bridgehead atoms. The number of unbranched alkanes of at least 4 members (excludes halogenated alkanes) is 7. The maximum Gasteiger partial charge on any atom is 0.0283 e. The number of fused-ring (bicyclic) bond motifs is 3. The maximum absolute atomic E-state index is 4.09. The molecule has 0 saturated heterocycles. The fourth-order valence-electron chi connectivity index (χ4n) is 4.81. The predicted molar refractivity (Wildman–Crippen MR) is 124 cm³/mol. The molecule has 0 N–H and O–H groups in total. The third kappa shape index (κ3) is 4.49. The van der Waals surface area contributed by atoms with Crippen LogP contribution in [0.15, 0.2) is 73.3 Å². The molecule has 1 aliphatic carbocycles. The second-order valence-electron chi connectivity index (χ2n) is 8.25. The highest BCUT2D eigenvalue weighted by atomic mass is 14.4. The van der Waals surface area contributed by atoms with Gasteiger partial charge in [-0.25, -0.2) is 0 Å². The molecule has 28 heavy (non-hydrogen) atoms. The lowest BCUT2D eigenvalue weighted by atomic mass is 9.73. The first-order valence-electron chi connectivity index (χ1n) is 11.3. The van der Waals surface area contributed by atoms with Crippen molar-refractivity contribution in [3.8, 4) is 11.1 Å². The van der Waals surface area contributed by atoms with Gasteiger partial charge in [-0.05, 0) is 47.9 Å². The topological polar surface area (TPSA) is 0 Å². The first-order chi connectivity index (χ1) is 13.8. The van der Waals surface area contributed by atoms with E-state index in [1.54, 1.807) is 0 Å². The minimum Gasteiger partial charge on any atom is -0.103 e. The largest absolute Gasteiger partial charge is 0.103 e. The molecule has 0 unspecified atom stereocenters. The van der Waals surface area contributed by atoms with Crippen LogP contribution in [0.2, 0.25) is 0 Å². The van der Waals surface area contributed by atoms with Gasteiger partial charge < -0.3 is 0 Å². The molecular formula is C28H36. The highest BCUT2D eigenvalue weighted by molar-refractivity contribution is 5.81. The lowest BCUT2D eigenvalue weighted by Crippen LogP contribution is -2.23. The third-order valence-electron chi connectivity index (χ3n) is 6.28. The molecule has 0 amide bonds. The molecule has 0 heteroatoms. The van der Waals surface area contributed by atoms with Crippen LogP contribution in [0.4, 0.5) is 0 Å². The van der Waals surface area contributed by atoms with Crippen molar-refractivity contribution in [3.05, 3.63) is 84.5 Å². The highest BCUT2D eigenvalue weighted by Crippen LogP contribution is 2.52. The summed E-state index contributed by atoms with van der Waals surface area (Å²) in [5.74, 6) is 0. The minimum absolute atomic E-state index is 0.0472. The zero-order chi connectivity index (χ0) is 19.7. The van der Waals surface area contributed by atoms with Gasteiger partial charge in [0.25, 0.3) is 0 Å². The Labute approximate surface area is 172 Å². The van der Waals surface area contributed by atoms with Gasteiger partial charge in [0.2, 0.25) is 0 Å². The van der Waals surface area contributed by atoms with E-state index in [2.05, 4.69) is 80.3 Å². The van der Waals surface area contributed by atoms with Crippen LogP contribution in [0.3, 0.4) is 0 Å². The molecule has 1 aliphatic rings. The summed E-state index contributed by atoms with van der Waals surface area (Å²) in [6.07, 6.45) is 19.9. The van der Waals surface area contributed by atoms with E-state index in [0.29, 0.717) is 0 Å². The van der Waals surface area contributed by atoms with E-state index in [9.17, 15) is 0 Å². The van der Waals surface area contributed by atoms with Gasteiger partial charge in [-0.2, -0.15) is 0 Å². The summed E-state index contributed by atoms with van der Waals surface area (Å²) < 4.78 is 0. The van der Waals surface area contributed by atoms with Crippen LogP contribution in [0, 0.1) is 0 Å². The lowest BCUT2D eigenvalue weighted by molar-refractivity contribution is 0.541. The maximum atomic E-state index is 4.09. The Hall–Kier alpha value is -2.08. The molecule has 148 valence electrons. The third-order valence-corrected chi connectivity index (χ3v) is 6.28. The first-order valence-corrected chi connectivity index (χ1v) is 11.3. The van der Waals surface area contributed by atoms with Gasteiger partial charge in [0.15, 0.2) is 0 Å². The zero-order valence-electron chi connectivity index (χ0n) is 17.6. The van der Waals surface area contributed by atoms with Crippen LogP contribution >= 0.6 is 0 Å². The second kappa shape index (κ2) is 10.5. The van der Waals surface area contributed by atoms with Crippen LogP contribution in [-0.4, -0.2) is 0 Å². The molecule has 0 aromatic heterocycles. The van der Waals surface area contributed by atoms with E-state index in [0.717, 1.165) is 12.8 Å². The van der Waals surface area contributed by atoms with E-state index in [1.807, 2.05) is 0 Å². The summed E-state index contributed by atoms with van der Waals surface area (Å²) in [6, 6.07) is 17.9. The average Bonchev–Trinajstić information content (AvgIpc) is 3.00. The van der Waals surface area contributed by atoms with Gasteiger partial charge in [0.05, 0.1) is 0 Å². The van der Waals surface area contributed by atoms with Crippen molar-refractivity contribution in [2.24, 2.45) is 0 Å². The van der Waals surface area contributed by atoms with Crippen LogP contribution in [-0.2, 0) is 5.41 Å². The Balaban J connectivity index is 1.64. The lowest BCUT2D eigenvalue weighted by Gasteiger charge is -2.30. The minimum atomic E-state index is 0.0472. The van der Waals surface area contributed by atoms with Gasteiger partial charge in [0.1, 0.15) is 0 Å². The number of rotatable bonds is 12. The first kappa shape index (κ1) is 20.6. The molecule has 3 rings (SSSR count). The Morgan fingerprint density at radius 2 is 1.29 bits per heavy atom. The number of hydrogen-bond donors (Lipinski definition) is 0. The van der Waals surface area contributed by atoms with Gasteiger partial charge in [-0.1, -0.05) is 112 Å². The van der Waals surface area contributed by atoms with Crippen molar-refractivity contribution in [2.75, 3.05) is 0 Å². The summed E-state index contributed by atoms with van der Waals surface area (Å²) in [5, 5.41) is 0. The van der Waals surface area contributed by atoms with Crippen molar-refractivity contribution in [3.63, 3.8) is 0 Å². The van der Waals surface area contributed by atoms with Gasteiger partial charge in [-0.3, -0.25) is 0 Å². The van der Waals surface area contributed by atoms with Crippen molar-refractivity contribution in [1.29, 1.82) is 0 Å². The van der Waals surface area contributed by atoms with Crippen molar-refractivity contribution in [1.82, 2.24) is 0 Å². The molecule has 0 spiro atoms. The summed E-state index contributed by atoms with van der Waals surface area (Å²) in [5.41, 5.74) is 5.79. The molecule has 0 nitrogen and oxygen atoms in total. The smallest absolute Gasteiger partial charge is 0.0283 e. The number of allylic oxidation sites excluding steroid dienone is 3. The molecule has 2 aromatic rings. The summed E-state index contributed by atoms with van der Waals surface area (Å²) in [7, 11) is 0. The molecule has 0 atom stereocenters. The molecule has 0 saturated carbocycles. The Kier molecular flexibility index (Phi) is 7.71. The van der Waals surface area contributed by atoms with Gasteiger partial charge in [-0.15, -0.1) is 6.58 Å².